The molecule has 0 bridgehead atoms. The summed E-state index contributed by atoms with van der Waals surface area (Å²) in [7, 11) is 0. The van der Waals surface area contributed by atoms with Crippen molar-refractivity contribution in [3.63, 3.8) is 0 Å². The number of benzene rings is 1. The summed E-state index contributed by atoms with van der Waals surface area (Å²) < 4.78 is 5.28. The first-order valence-corrected chi connectivity index (χ1v) is 10.8. The number of nitrogens with one attached hydrogen (secondary N) is 2. The van der Waals surface area contributed by atoms with E-state index in [1.54, 1.807) is 0 Å². The highest BCUT2D eigenvalue weighted by atomic mass is 16.5. The number of hydrogen-bond acceptors (Lipinski definition) is 4. The van der Waals surface area contributed by atoms with Crippen LogP contribution in [0.4, 0.5) is 0 Å². The molecule has 0 unspecified atom stereocenters. The van der Waals surface area contributed by atoms with Gasteiger partial charge >= 0.3 is 0 Å². The van der Waals surface area contributed by atoms with Crippen molar-refractivity contribution in [2.24, 2.45) is 16.6 Å². The molecule has 1 aliphatic heterocycles. The summed E-state index contributed by atoms with van der Waals surface area (Å²) in [5.41, 5.74) is 6.28. The molecule has 0 radical (unpaired) electrons. The predicted molar refractivity (Wildman–Crippen MR) is 118 cm³/mol. The quantitative estimate of drug-likeness (QED) is 0.298. The minimum absolute atomic E-state index is 0.0969. The van der Waals surface area contributed by atoms with Crippen LogP contribution in [0.1, 0.15) is 38.7 Å². The van der Waals surface area contributed by atoms with Crippen LogP contribution in [-0.2, 0) is 11.2 Å². The third-order valence-corrected chi connectivity index (χ3v) is 5.13. The summed E-state index contributed by atoms with van der Waals surface area (Å²) in [6.45, 7) is 10.4. The lowest BCUT2D eigenvalue weighted by Crippen LogP contribution is -2.38. The molecule has 1 amide bonds. The number of piperidine rings is 1. The van der Waals surface area contributed by atoms with Gasteiger partial charge in [0.25, 0.3) is 5.91 Å². The van der Waals surface area contributed by atoms with Crippen molar-refractivity contribution in [3.8, 4) is 5.75 Å². The molecule has 0 atom stereocenters. The third kappa shape index (κ3) is 9.65. The lowest BCUT2D eigenvalue weighted by atomic mass is 9.99. The molecular formula is C22H37N5O2. The lowest BCUT2D eigenvalue weighted by Gasteiger charge is -2.29. The van der Waals surface area contributed by atoms with Crippen LogP contribution in [0.15, 0.2) is 29.3 Å². The zero-order chi connectivity index (χ0) is 20.9. The summed E-state index contributed by atoms with van der Waals surface area (Å²) in [6.07, 6.45) is 4.63. The number of ether oxygens (including phenoxy) is 1. The van der Waals surface area contributed by atoms with E-state index in [2.05, 4.69) is 29.4 Å². The van der Waals surface area contributed by atoms with Gasteiger partial charge in [0, 0.05) is 19.6 Å². The van der Waals surface area contributed by atoms with Gasteiger partial charge in [-0.15, -0.1) is 0 Å². The number of nitrogens with zero attached hydrogens (tertiary/aromatic N) is 2. The zero-order valence-electron chi connectivity index (χ0n) is 18.0. The van der Waals surface area contributed by atoms with E-state index in [0.29, 0.717) is 5.75 Å². The fourth-order valence-electron chi connectivity index (χ4n) is 3.34. The largest absolute Gasteiger partial charge is 0.484 e. The van der Waals surface area contributed by atoms with Gasteiger partial charge in [-0.25, -0.2) is 0 Å². The van der Waals surface area contributed by atoms with Gasteiger partial charge in [0.2, 0.25) is 0 Å². The Balaban J connectivity index is 1.67. The molecule has 4 N–H and O–H groups in total. The summed E-state index contributed by atoms with van der Waals surface area (Å²) in [5, 5.41) is 6.71. The zero-order valence-corrected chi connectivity index (χ0v) is 18.0. The first-order valence-electron chi connectivity index (χ1n) is 10.8. The standard InChI is InChI=1S/C22H37N5O2/c1-3-24-22(25-12-4-14-27-15-10-18(2)11-16-27)26-13-9-19-5-7-20(8-6-19)29-17-21(23)28/h5-8,18H,3-4,9-17H2,1-2H3,(H2,23,28)(H2,24,25,26). The van der Waals surface area contributed by atoms with Crippen LogP contribution in [0.25, 0.3) is 0 Å². The SMILES string of the molecule is CCNC(=NCCCN1CCC(C)CC1)NCCc1ccc(OCC(N)=O)cc1. The Morgan fingerprint density at radius 2 is 1.97 bits per heavy atom. The molecule has 2 rings (SSSR count). The summed E-state index contributed by atoms with van der Waals surface area (Å²) in [6, 6.07) is 7.72. The number of primary amides is 1. The van der Waals surface area contributed by atoms with E-state index in [4.69, 9.17) is 15.5 Å². The Morgan fingerprint density at radius 3 is 2.62 bits per heavy atom. The highest BCUT2D eigenvalue weighted by Crippen LogP contribution is 2.15. The Bertz CT molecular complexity index is 625. The van der Waals surface area contributed by atoms with Crippen molar-refractivity contribution >= 4 is 11.9 Å². The minimum atomic E-state index is -0.473. The fraction of sp³-hybridized carbons (Fsp3) is 0.636. The Hall–Kier alpha value is -2.28. The van der Waals surface area contributed by atoms with Gasteiger partial charge in [-0.1, -0.05) is 19.1 Å². The van der Waals surface area contributed by atoms with Crippen molar-refractivity contribution in [1.82, 2.24) is 15.5 Å². The first kappa shape index (κ1) is 23.0. The predicted octanol–water partition coefficient (Wildman–Crippen LogP) is 1.77. The monoisotopic (exact) mass is 403 g/mol. The maximum absolute atomic E-state index is 10.8. The highest BCUT2D eigenvalue weighted by molar-refractivity contribution is 5.79. The Labute approximate surface area is 175 Å². The summed E-state index contributed by atoms with van der Waals surface area (Å²) >= 11 is 0. The van der Waals surface area contributed by atoms with Gasteiger partial charge in [-0.05, 0) is 75.9 Å². The Morgan fingerprint density at radius 1 is 1.24 bits per heavy atom. The number of rotatable bonds is 11. The topological polar surface area (TPSA) is 92.0 Å². The van der Waals surface area contributed by atoms with E-state index in [9.17, 15) is 4.79 Å². The number of hydrogen-bond donors (Lipinski definition) is 3. The van der Waals surface area contributed by atoms with E-state index < -0.39 is 5.91 Å². The van der Waals surface area contributed by atoms with Crippen molar-refractivity contribution in [2.75, 3.05) is 45.9 Å². The van der Waals surface area contributed by atoms with Crippen molar-refractivity contribution in [2.45, 2.75) is 39.5 Å². The number of nitrogens with two attached hydrogens (primary N) is 1. The number of likely N-dealkylation sites (tertiary alicyclic amines) is 1. The van der Waals surface area contributed by atoms with Crippen LogP contribution >= 0.6 is 0 Å². The highest BCUT2D eigenvalue weighted by Gasteiger charge is 2.14. The normalized spacial score (nSPS) is 15.9. The smallest absolute Gasteiger partial charge is 0.255 e. The lowest BCUT2D eigenvalue weighted by molar-refractivity contribution is -0.119. The second-order valence-electron chi connectivity index (χ2n) is 7.71. The second-order valence-corrected chi connectivity index (χ2v) is 7.71. The molecule has 1 aromatic carbocycles. The first-order chi connectivity index (χ1) is 14.1. The molecule has 0 aromatic heterocycles. The molecule has 1 aromatic rings. The minimum Gasteiger partial charge on any atom is -0.484 e. The second kappa shape index (κ2) is 13.0. The fourth-order valence-corrected chi connectivity index (χ4v) is 3.34. The number of guanidine groups is 1. The van der Waals surface area contributed by atoms with Crippen molar-refractivity contribution in [3.05, 3.63) is 29.8 Å². The number of amides is 1. The van der Waals surface area contributed by atoms with Crippen LogP contribution in [0.3, 0.4) is 0 Å². The van der Waals surface area contributed by atoms with E-state index in [0.717, 1.165) is 50.9 Å². The maximum Gasteiger partial charge on any atom is 0.255 e. The number of carbonyl (C=O) groups is 1. The summed E-state index contributed by atoms with van der Waals surface area (Å²) in [4.78, 5) is 18.0. The van der Waals surface area contributed by atoms with Crippen LogP contribution in [0.2, 0.25) is 0 Å². The number of carbonyl (C=O) groups excluding carboxylic acids is 1. The average Bonchev–Trinajstić information content (AvgIpc) is 2.72. The average molecular weight is 404 g/mol. The van der Waals surface area contributed by atoms with E-state index >= 15 is 0 Å². The van der Waals surface area contributed by atoms with Crippen LogP contribution in [-0.4, -0.2) is 62.6 Å². The molecule has 0 saturated carbocycles. The van der Waals surface area contributed by atoms with Gasteiger partial charge in [-0.2, -0.15) is 0 Å². The molecule has 7 heteroatoms. The van der Waals surface area contributed by atoms with Gasteiger partial charge in [0.1, 0.15) is 5.75 Å². The number of aliphatic imine (C=N–C) groups is 1. The van der Waals surface area contributed by atoms with Crippen molar-refractivity contribution < 1.29 is 9.53 Å². The molecular weight excluding hydrogens is 366 g/mol. The molecule has 162 valence electrons. The third-order valence-electron chi connectivity index (χ3n) is 5.13. The van der Waals surface area contributed by atoms with Gasteiger partial charge in [0.15, 0.2) is 12.6 Å². The van der Waals surface area contributed by atoms with Gasteiger partial charge in [-0.3, -0.25) is 9.79 Å². The van der Waals surface area contributed by atoms with E-state index in [1.165, 1.54) is 31.5 Å². The molecule has 29 heavy (non-hydrogen) atoms. The molecule has 1 heterocycles. The van der Waals surface area contributed by atoms with Gasteiger partial charge in [0.05, 0.1) is 0 Å². The molecule has 7 nitrogen and oxygen atoms in total. The van der Waals surface area contributed by atoms with E-state index in [-0.39, 0.29) is 6.61 Å². The molecule has 1 aliphatic rings. The molecule has 0 aliphatic carbocycles. The van der Waals surface area contributed by atoms with Crippen LogP contribution in [0.5, 0.6) is 5.75 Å². The van der Waals surface area contributed by atoms with Gasteiger partial charge < -0.3 is 26.0 Å². The molecule has 1 saturated heterocycles. The van der Waals surface area contributed by atoms with Crippen LogP contribution in [0, 0.1) is 5.92 Å². The maximum atomic E-state index is 10.8. The van der Waals surface area contributed by atoms with Crippen LogP contribution < -0.4 is 21.1 Å². The molecule has 1 fully saturated rings. The summed E-state index contributed by atoms with van der Waals surface area (Å²) in [5.74, 6) is 1.94. The Kier molecular flexibility index (Phi) is 10.3. The molecule has 0 spiro atoms. The van der Waals surface area contributed by atoms with E-state index in [1.807, 2.05) is 24.3 Å². The van der Waals surface area contributed by atoms with Crippen molar-refractivity contribution in [1.29, 1.82) is 0 Å².